The number of rotatable bonds is 3. The van der Waals surface area contributed by atoms with Crippen LogP contribution in [0.4, 0.5) is 13.2 Å². The average molecular weight is 357 g/mol. The summed E-state index contributed by atoms with van der Waals surface area (Å²) < 4.78 is 39.2. The van der Waals surface area contributed by atoms with Gasteiger partial charge in [0.1, 0.15) is 0 Å². The first-order valence-electron chi connectivity index (χ1n) is 4.95. The van der Waals surface area contributed by atoms with E-state index in [-0.39, 0.29) is 24.1 Å². The van der Waals surface area contributed by atoms with Gasteiger partial charge in [-0.05, 0) is 42.2 Å². The zero-order valence-corrected chi connectivity index (χ0v) is 12.1. The lowest BCUT2D eigenvalue weighted by atomic mass is 10.3. The quantitative estimate of drug-likeness (QED) is 0.803. The second-order valence-corrected chi connectivity index (χ2v) is 6.00. The summed E-state index contributed by atoms with van der Waals surface area (Å²) in [6, 6.07) is 5.50. The van der Waals surface area contributed by atoms with Crippen molar-refractivity contribution in [1.82, 2.24) is 9.55 Å². The summed E-state index contributed by atoms with van der Waals surface area (Å²) in [5.41, 5.74) is -2.57. The molecule has 0 amide bonds. The molecule has 1 heterocycles. The van der Waals surface area contributed by atoms with Crippen molar-refractivity contribution in [2.45, 2.75) is 12.1 Å². The van der Waals surface area contributed by atoms with Gasteiger partial charge in [0.15, 0.2) is 4.77 Å². The number of nitrogens with zero attached hydrogens (tertiary/aromatic N) is 1. The maximum Gasteiger partial charge on any atom is 0.441 e. The number of nitrogens with one attached hydrogen (secondary N) is 1. The van der Waals surface area contributed by atoms with Gasteiger partial charge in [0, 0.05) is 16.8 Å². The number of imidazole rings is 1. The number of aromatic amines is 1. The standard InChI is InChI=1S/C10H8BrF3N2S2/c11-6-1-2-8-7(5-6)15-9(17)16(8)3-4-18-10(12,13)14/h1-2,5H,3-4H2,(H,15,17). The second-order valence-electron chi connectivity index (χ2n) is 3.54. The summed E-state index contributed by atoms with van der Waals surface area (Å²) in [6.45, 7) is 0.227. The van der Waals surface area contributed by atoms with E-state index in [1.54, 1.807) is 4.57 Å². The monoisotopic (exact) mass is 356 g/mol. The molecule has 2 nitrogen and oxygen atoms in total. The number of benzene rings is 1. The van der Waals surface area contributed by atoms with E-state index in [0.717, 1.165) is 15.5 Å². The molecule has 1 aromatic heterocycles. The highest BCUT2D eigenvalue weighted by Crippen LogP contribution is 2.30. The molecule has 0 aliphatic carbocycles. The van der Waals surface area contributed by atoms with Crippen molar-refractivity contribution in [3.8, 4) is 0 Å². The van der Waals surface area contributed by atoms with Gasteiger partial charge in [-0.1, -0.05) is 15.9 Å². The smallest absolute Gasteiger partial charge is 0.331 e. The maximum absolute atomic E-state index is 12.1. The molecule has 1 N–H and O–H groups in total. The van der Waals surface area contributed by atoms with Crippen molar-refractivity contribution in [3.05, 3.63) is 27.4 Å². The summed E-state index contributed by atoms with van der Waals surface area (Å²) in [5, 5.41) is 0. The molecule has 0 spiro atoms. The molecule has 0 aliphatic heterocycles. The number of hydrogen-bond donors (Lipinski definition) is 1. The molecule has 8 heteroatoms. The molecule has 0 radical (unpaired) electrons. The topological polar surface area (TPSA) is 20.7 Å². The van der Waals surface area contributed by atoms with Gasteiger partial charge in [-0.25, -0.2) is 0 Å². The molecule has 98 valence electrons. The van der Waals surface area contributed by atoms with Crippen LogP contribution >= 0.6 is 39.9 Å². The van der Waals surface area contributed by atoms with Gasteiger partial charge in [0.2, 0.25) is 0 Å². The molecule has 0 saturated carbocycles. The zero-order chi connectivity index (χ0) is 13.3. The minimum Gasteiger partial charge on any atom is -0.331 e. The number of thioether (sulfide) groups is 1. The van der Waals surface area contributed by atoms with E-state index >= 15 is 0 Å². The molecule has 0 saturated heterocycles. The van der Waals surface area contributed by atoms with E-state index < -0.39 is 5.51 Å². The van der Waals surface area contributed by atoms with Crippen molar-refractivity contribution in [3.63, 3.8) is 0 Å². The molecule has 1 aromatic carbocycles. The van der Waals surface area contributed by atoms with Gasteiger partial charge >= 0.3 is 5.51 Å². The van der Waals surface area contributed by atoms with Crippen LogP contribution in [0.2, 0.25) is 0 Å². The third kappa shape index (κ3) is 3.30. The number of halogens is 4. The third-order valence-electron chi connectivity index (χ3n) is 2.32. The zero-order valence-electron chi connectivity index (χ0n) is 8.92. The lowest BCUT2D eigenvalue weighted by Gasteiger charge is -2.07. The summed E-state index contributed by atoms with van der Waals surface area (Å²) in [7, 11) is 0. The molecule has 2 rings (SSSR count). The van der Waals surface area contributed by atoms with Crippen LogP contribution in [-0.2, 0) is 6.54 Å². The summed E-state index contributed by atoms with van der Waals surface area (Å²) >= 11 is 8.40. The van der Waals surface area contributed by atoms with Crippen molar-refractivity contribution in [2.24, 2.45) is 0 Å². The first-order chi connectivity index (χ1) is 8.37. The highest BCUT2D eigenvalue weighted by molar-refractivity contribution is 9.10. The predicted octanol–water partition coefficient (Wildman–Crippen LogP) is 4.71. The molecule has 2 aromatic rings. The van der Waals surface area contributed by atoms with Crippen LogP contribution in [0.25, 0.3) is 11.0 Å². The fourth-order valence-electron chi connectivity index (χ4n) is 1.61. The molecule has 0 aliphatic rings. The minimum absolute atomic E-state index is 0.0381. The molecule has 18 heavy (non-hydrogen) atoms. The predicted molar refractivity (Wildman–Crippen MR) is 73.3 cm³/mol. The fraction of sp³-hybridized carbons (Fsp3) is 0.300. The normalized spacial score (nSPS) is 12.2. The van der Waals surface area contributed by atoms with Gasteiger partial charge in [0.05, 0.1) is 11.0 Å². The van der Waals surface area contributed by atoms with E-state index in [2.05, 4.69) is 20.9 Å². The Morgan fingerprint density at radius 1 is 1.39 bits per heavy atom. The Kier molecular flexibility index (Phi) is 4.08. The Morgan fingerprint density at radius 3 is 2.78 bits per heavy atom. The molecule has 0 fully saturated rings. The van der Waals surface area contributed by atoms with E-state index in [1.807, 2.05) is 18.2 Å². The average Bonchev–Trinajstić information content (AvgIpc) is 2.52. The number of hydrogen-bond acceptors (Lipinski definition) is 2. The summed E-state index contributed by atoms with van der Waals surface area (Å²) in [6.07, 6.45) is 0. The molecular weight excluding hydrogens is 349 g/mol. The number of H-pyrrole nitrogens is 1. The van der Waals surface area contributed by atoms with E-state index in [4.69, 9.17) is 12.2 Å². The first kappa shape index (κ1) is 14.0. The Bertz CT molecular complexity index is 618. The van der Waals surface area contributed by atoms with Gasteiger partial charge in [0.25, 0.3) is 0 Å². The van der Waals surface area contributed by atoms with E-state index in [0.29, 0.717) is 4.77 Å². The highest BCUT2D eigenvalue weighted by atomic mass is 79.9. The minimum atomic E-state index is -4.20. The van der Waals surface area contributed by atoms with E-state index in [1.165, 1.54) is 0 Å². The number of alkyl halides is 3. The number of fused-ring (bicyclic) bond motifs is 1. The number of aryl methyl sites for hydroxylation is 1. The van der Waals surface area contributed by atoms with Crippen LogP contribution < -0.4 is 0 Å². The van der Waals surface area contributed by atoms with Gasteiger partial charge in [-0.15, -0.1) is 0 Å². The van der Waals surface area contributed by atoms with Gasteiger partial charge in [-0.2, -0.15) is 13.2 Å². The number of aromatic nitrogens is 2. The third-order valence-corrected chi connectivity index (χ3v) is 3.85. The largest absolute Gasteiger partial charge is 0.441 e. The van der Waals surface area contributed by atoms with Crippen LogP contribution in [0.3, 0.4) is 0 Å². The first-order valence-corrected chi connectivity index (χ1v) is 7.14. The van der Waals surface area contributed by atoms with E-state index in [9.17, 15) is 13.2 Å². The van der Waals surface area contributed by atoms with Crippen molar-refractivity contribution < 1.29 is 13.2 Å². The Balaban J connectivity index is 2.23. The molecule has 0 bridgehead atoms. The highest BCUT2D eigenvalue weighted by Gasteiger charge is 2.27. The fourth-order valence-corrected chi connectivity index (χ4v) is 2.78. The van der Waals surface area contributed by atoms with Crippen LogP contribution in [0.15, 0.2) is 22.7 Å². The van der Waals surface area contributed by atoms with Crippen LogP contribution in [0.1, 0.15) is 0 Å². The second kappa shape index (κ2) is 5.26. The molecule has 0 atom stereocenters. The SMILES string of the molecule is FC(F)(F)SCCn1c(=S)[nH]c2cc(Br)ccc21. The lowest BCUT2D eigenvalue weighted by molar-refractivity contribution is -0.0328. The van der Waals surface area contributed by atoms with Crippen LogP contribution in [0.5, 0.6) is 0 Å². The van der Waals surface area contributed by atoms with Crippen molar-refractivity contribution in [2.75, 3.05) is 5.75 Å². The summed E-state index contributed by atoms with van der Waals surface area (Å²) in [5.74, 6) is -0.0547. The van der Waals surface area contributed by atoms with Crippen LogP contribution in [-0.4, -0.2) is 20.8 Å². The Labute approximate surface area is 119 Å². The maximum atomic E-state index is 12.1. The molecule has 0 unspecified atom stereocenters. The Hall–Kier alpha value is -0.470. The van der Waals surface area contributed by atoms with Gasteiger partial charge < -0.3 is 9.55 Å². The van der Waals surface area contributed by atoms with Crippen LogP contribution in [0, 0.1) is 4.77 Å². The lowest BCUT2D eigenvalue weighted by Crippen LogP contribution is -2.06. The van der Waals surface area contributed by atoms with Crippen molar-refractivity contribution in [1.29, 1.82) is 0 Å². The van der Waals surface area contributed by atoms with Crippen molar-refractivity contribution >= 4 is 50.9 Å². The van der Waals surface area contributed by atoms with Gasteiger partial charge in [-0.3, -0.25) is 0 Å². The molecular formula is C10H8BrF3N2S2. The summed E-state index contributed by atoms with van der Waals surface area (Å²) in [4.78, 5) is 2.97. The Morgan fingerprint density at radius 2 is 2.11 bits per heavy atom.